The summed E-state index contributed by atoms with van der Waals surface area (Å²) in [5, 5.41) is 56.5. The zero-order valence-corrected chi connectivity index (χ0v) is 77.0. The van der Waals surface area contributed by atoms with Crippen molar-refractivity contribution in [2.24, 2.45) is 0 Å². The largest absolute Gasteiger partial charge is 0.476 e. The molecular formula is C103H83ClN26O4S2. The first-order chi connectivity index (χ1) is 65.9. The Kier molecular flexibility index (Phi) is 26.3. The van der Waals surface area contributed by atoms with Crippen molar-refractivity contribution in [3.8, 4) is 104 Å². The predicted octanol–water partition coefficient (Wildman–Crippen LogP) is 20.0. The highest BCUT2D eigenvalue weighted by Gasteiger charge is 2.29. The van der Waals surface area contributed by atoms with Crippen molar-refractivity contribution in [1.82, 2.24) is 97.6 Å². The summed E-state index contributed by atoms with van der Waals surface area (Å²) in [6, 6.07) is 88.5. The minimum Gasteiger partial charge on any atom is -0.476 e. The number of ether oxygens (including phenoxy) is 1. The van der Waals surface area contributed by atoms with E-state index in [4.69, 9.17) is 66.9 Å². The van der Waals surface area contributed by atoms with Crippen molar-refractivity contribution in [3.63, 3.8) is 0 Å². The first-order valence-electron chi connectivity index (χ1n) is 42.9. The van der Waals surface area contributed by atoms with Crippen LogP contribution in [-0.4, -0.2) is 152 Å². The molecular weight excluding hydrogens is 1760 g/mol. The lowest BCUT2D eigenvalue weighted by molar-refractivity contribution is 0.0692. The number of nitrogens with one attached hydrogen (secondary N) is 3. The number of aromatic carboxylic acids is 1. The van der Waals surface area contributed by atoms with Crippen molar-refractivity contribution < 1.29 is 19.7 Å². The number of hydrogen-bond donors (Lipinski definition) is 6. The molecule has 0 amide bonds. The maximum atomic E-state index is 11.8. The third-order valence-corrected chi connectivity index (χ3v) is 23.3. The summed E-state index contributed by atoms with van der Waals surface area (Å²) in [7, 11) is 0. The van der Waals surface area contributed by atoms with Gasteiger partial charge >= 0.3 is 5.97 Å². The molecule has 0 saturated carbocycles. The van der Waals surface area contributed by atoms with E-state index in [1.807, 2.05) is 296 Å². The first kappa shape index (κ1) is 90.7. The maximum Gasteiger partial charge on any atom is 0.356 e. The number of hydrogen-bond acceptors (Lipinski definition) is 24. The molecule has 1 aliphatic heterocycles. The van der Waals surface area contributed by atoms with Crippen molar-refractivity contribution in [1.29, 1.82) is 21.2 Å². The number of nitrogens with two attached hydrogens (primary N) is 1. The highest BCUT2D eigenvalue weighted by molar-refractivity contribution is 7.71. The second-order valence-electron chi connectivity index (χ2n) is 31.9. The van der Waals surface area contributed by atoms with Crippen LogP contribution in [0, 0.1) is 104 Å². The fourth-order valence-electron chi connectivity index (χ4n) is 15.4. The summed E-state index contributed by atoms with van der Waals surface area (Å²) in [5.41, 5.74) is 29.3. The number of carboxylic acid groups (broad SMARTS) is 1. The van der Waals surface area contributed by atoms with Gasteiger partial charge in [0, 0.05) is 52.3 Å². The van der Waals surface area contributed by atoms with Crippen LogP contribution in [-0.2, 0) is 4.74 Å². The molecule has 11 heterocycles. The van der Waals surface area contributed by atoms with Crippen LogP contribution >= 0.6 is 36.0 Å². The number of nitriles is 3. The molecule has 20 aromatic rings. The first-order valence-corrected chi connectivity index (χ1v) is 44.1. The molecule has 1 fully saturated rings. The van der Waals surface area contributed by atoms with E-state index in [2.05, 4.69) is 107 Å². The van der Waals surface area contributed by atoms with E-state index in [1.54, 1.807) is 13.7 Å². The number of nitrogen functional groups attached to an aromatic ring is 1. The summed E-state index contributed by atoms with van der Waals surface area (Å²) in [5.74, 6) is 2.20. The summed E-state index contributed by atoms with van der Waals surface area (Å²) < 4.78 is 15.5. The molecule has 1 saturated heterocycles. The van der Waals surface area contributed by atoms with Crippen molar-refractivity contribution in [2.45, 2.75) is 55.4 Å². The molecule has 10 aromatic heterocycles. The van der Waals surface area contributed by atoms with Gasteiger partial charge in [0.2, 0.25) is 17.2 Å². The number of aromatic amines is 2. The number of morpholine rings is 1. The van der Waals surface area contributed by atoms with Crippen LogP contribution in [0.4, 0.5) is 11.9 Å². The fraction of sp³-hybridized carbons (Fsp3) is 0.126. The number of aryl methyl sites for hydroxylation is 8. The second-order valence-corrected chi connectivity index (χ2v) is 33.0. The second kappa shape index (κ2) is 39.5. The molecule has 136 heavy (non-hydrogen) atoms. The number of fused-ring (bicyclic) bond motifs is 5. The number of aliphatic hydroxyl groups is 1. The molecule has 0 atom stereocenters. The number of benzene rings is 10. The van der Waals surface area contributed by atoms with E-state index >= 15 is 0 Å². The van der Waals surface area contributed by atoms with Crippen molar-refractivity contribution >= 4 is 115 Å². The average Bonchev–Trinajstić information content (AvgIpc) is 1.61. The van der Waals surface area contributed by atoms with Crippen LogP contribution in [0.15, 0.2) is 255 Å². The van der Waals surface area contributed by atoms with Gasteiger partial charge in [0.25, 0.3) is 0 Å². The minimum absolute atomic E-state index is 0.00669. The maximum absolute atomic E-state index is 11.8. The average molecular weight is 1850 g/mol. The number of nitrogens with zero attached hydrogens (tertiary/aromatic N) is 22. The number of aliphatic hydroxyl groups excluding tert-OH is 1. The molecule has 1 aliphatic rings. The Morgan fingerprint density at radius 1 is 0.404 bits per heavy atom. The van der Waals surface area contributed by atoms with Gasteiger partial charge in [-0.2, -0.15) is 15.8 Å². The number of carboxylic acids is 1. The Morgan fingerprint density at radius 3 is 1.10 bits per heavy atom. The summed E-state index contributed by atoms with van der Waals surface area (Å²) in [4.78, 5) is 79.2. The lowest BCUT2D eigenvalue weighted by atomic mass is 10.1. The summed E-state index contributed by atoms with van der Waals surface area (Å²) in [6.07, 6.45) is 0. The molecule has 0 spiro atoms. The molecule has 0 unspecified atom stereocenters. The lowest BCUT2D eigenvalue weighted by Crippen LogP contribution is -2.37. The minimum atomic E-state index is -1.14. The predicted molar refractivity (Wildman–Crippen MR) is 531 cm³/mol. The van der Waals surface area contributed by atoms with Gasteiger partial charge in [0.05, 0.1) is 42.6 Å². The van der Waals surface area contributed by atoms with Crippen LogP contribution < -0.4 is 10.6 Å². The number of carbonyl (C=O) groups is 1. The van der Waals surface area contributed by atoms with Gasteiger partial charge in [-0.3, -0.25) is 22.8 Å². The number of anilines is 2. The summed E-state index contributed by atoms with van der Waals surface area (Å²) >= 11 is 17.3. The van der Waals surface area contributed by atoms with Crippen LogP contribution in [0.5, 0.6) is 0 Å². The molecule has 0 bridgehead atoms. The Balaban J connectivity index is 0.000000118. The van der Waals surface area contributed by atoms with Crippen molar-refractivity contribution in [2.75, 3.05) is 43.5 Å². The van der Waals surface area contributed by atoms with E-state index in [-0.39, 0.29) is 39.7 Å². The van der Waals surface area contributed by atoms with Gasteiger partial charge < -0.3 is 41.0 Å². The topological polar surface area (TPSA) is 415 Å². The van der Waals surface area contributed by atoms with Crippen LogP contribution in [0.3, 0.4) is 0 Å². The molecule has 10 aromatic carbocycles. The van der Waals surface area contributed by atoms with E-state index in [0.29, 0.717) is 113 Å². The molecule has 21 rings (SSSR count). The molecule has 0 radical (unpaired) electrons. The number of rotatable bonds is 14. The third-order valence-electron chi connectivity index (χ3n) is 22.5. The van der Waals surface area contributed by atoms with Gasteiger partial charge in [0.1, 0.15) is 51.5 Å². The number of H-pyrrole nitrogens is 2. The highest BCUT2D eigenvalue weighted by Crippen LogP contribution is 2.36. The number of para-hydroxylation sites is 5. The molecule has 7 N–H and O–H groups in total. The van der Waals surface area contributed by atoms with Gasteiger partial charge in [-0.15, -0.1) is 0 Å². The smallest absolute Gasteiger partial charge is 0.356 e. The summed E-state index contributed by atoms with van der Waals surface area (Å²) in [6.45, 7) is 18.4. The van der Waals surface area contributed by atoms with Crippen molar-refractivity contribution in [3.05, 3.63) is 343 Å². The third kappa shape index (κ3) is 18.7. The van der Waals surface area contributed by atoms with Crippen LogP contribution in [0.25, 0.3) is 141 Å². The zero-order valence-electron chi connectivity index (χ0n) is 74.6. The Morgan fingerprint density at radius 2 is 0.721 bits per heavy atom. The Bertz CT molecular complexity index is 8070. The number of aromatic nitrogens is 20. The van der Waals surface area contributed by atoms with Gasteiger partial charge in [-0.25, -0.2) is 69.6 Å². The highest BCUT2D eigenvalue weighted by atomic mass is 35.5. The monoisotopic (exact) mass is 1850 g/mol. The van der Waals surface area contributed by atoms with Gasteiger partial charge in [-0.1, -0.05) is 240 Å². The van der Waals surface area contributed by atoms with E-state index in [0.717, 1.165) is 120 Å². The SMILES string of the molecule is Cc1ccc(-c2nc(C#N)c3nc(Cl)n(-c4ccccc4C)c3n2)cc1.Cc1ccc(-c2nc(C#N)c3nc(N)n(-c4ccccc4C)c3n2)cc1.Cc1ccc(-c2nc(C#N)c3nc(N4CCOCC4)n(-c4ccccc4C)c3n2)cc1.Cc1ccc(-c2nc(C(=N)CO)c3[nH]c(=S)n(-c4ccccc4)c3n2)cc1.Cc1ccc(-c2nc(C(=O)O)c3[nH]c(=S)n(-c4ccccc4)c3n2)cc1. The van der Waals surface area contributed by atoms with Crippen LogP contribution in [0.1, 0.15) is 77.8 Å². The molecule has 0 aliphatic carbocycles. The Labute approximate surface area is 793 Å². The van der Waals surface area contributed by atoms with E-state index in [9.17, 15) is 30.8 Å². The number of halogens is 1. The van der Waals surface area contributed by atoms with E-state index < -0.39 is 12.6 Å². The molecule has 668 valence electrons. The zero-order chi connectivity index (χ0) is 95.1. The van der Waals surface area contributed by atoms with E-state index in [1.165, 1.54) is 0 Å². The normalized spacial score (nSPS) is 11.6. The van der Waals surface area contributed by atoms with Gasteiger partial charge in [0.15, 0.2) is 89.7 Å². The van der Waals surface area contributed by atoms with Crippen LogP contribution in [0.2, 0.25) is 5.28 Å². The standard InChI is InChI=1S/C24H22N6O.C20H14ClN5.C20H16N6.C20H17N5OS.C19H14N4O2S/c1-16-7-9-18(10-8-16)22-26-19(15-25)21-23(28-22)30(20-6-4-3-5-17(20)2)24(27-21)29-11-13-31-14-12-29;1-12-7-9-14(10-8-12)18-23-15(11-22)17-19(25-18)26(20(21)24-17)16-6-4-3-5-13(16)2;1-12-7-9-14(10-8-12)18-23-15(11-21)17-19(25-18)26(20(22)24-17)16-6-4-3-5-13(16)2;1-12-7-9-13(10-8-12)18-22-16(15(21)11-26)17-19(24-18)25(20(27)23-17)14-5-3-2-4-6-14;1-11-7-9-12(10-8-11)16-20-15(18(24)25)14-17(22-16)23(19(26)21-14)13-5-3-2-4-6-13/h3-10H,11-14H2,1-2H3;3-10H,1-2H3;3-10H,1-2H3,(H2,22,24);2-10,21,26H,11H2,1H3,(H,23,27);2-10H,1H3,(H,21,26)(H,24,25). The number of imidazole rings is 5. The molecule has 33 heteroatoms. The molecule has 30 nitrogen and oxygen atoms in total. The van der Waals surface area contributed by atoms with Gasteiger partial charge in [-0.05, 0) is 151 Å². The fourth-order valence-corrected chi connectivity index (χ4v) is 16.2. The quantitative estimate of drug-likeness (QED) is 0.0334. The lowest BCUT2D eigenvalue weighted by Gasteiger charge is -2.28. The Hall–Kier alpha value is -17.2.